The average molecular weight is 388 g/mol. The largest absolute Gasteiger partial charge is 0.497 e. The van der Waals surface area contributed by atoms with Crippen LogP contribution in [0.1, 0.15) is 23.3 Å². The van der Waals surface area contributed by atoms with E-state index < -0.39 is 5.67 Å². The number of nitrogens with two attached hydrogens (primary N) is 1. The maximum absolute atomic E-state index is 15.5. The molecular weight excluding hydrogens is 365 g/mol. The minimum Gasteiger partial charge on any atom is -0.497 e. The Labute approximate surface area is 157 Å². The summed E-state index contributed by atoms with van der Waals surface area (Å²) < 4.78 is 26.0. The summed E-state index contributed by atoms with van der Waals surface area (Å²) in [5.74, 6) is 1.23. The van der Waals surface area contributed by atoms with Gasteiger partial charge in [-0.3, -0.25) is 4.90 Å². The molecule has 1 aromatic carbocycles. The topological polar surface area (TPSA) is 60.6 Å². The molecule has 0 spiro atoms. The summed E-state index contributed by atoms with van der Waals surface area (Å²) in [6.45, 7) is 2.15. The highest BCUT2D eigenvalue weighted by atomic mass is 35.5. The molecule has 0 radical (unpaired) electrons. The van der Waals surface area contributed by atoms with Crippen LogP contribution in [0.2, 0.25) is 0 Å². The Morgan fingerprint density at radius 3 is 2.28 bits per heavy atom. The third-order valence-electron chi connectivity index (χ3n) is 4.47. The van der Waals surface area contributed by atoms with E-state index in [1.165, 1.54) is 11.3 Å². The molecule has 8 heteroatoms. The van der Waals surface area contributed by atoms with E-state index in [0.717, 1.165) is 11.4 Å². The van der Waals surface area contributed by atoms with Crippen molar-refractivity contribution in [2.75, 3.05) is 33.0 Å². The first-order chi connectivity index (χ1) is 11.5. The number of likely N-dealkylation sites (tertiary alicyclic amines) is 1. The molecule has 138 valence electrons. The van der Waals surface area contributed by atoms with Crippen molar-refractivity contribution in [1.82, 2.24) is 9.88 Å². The highest BCUT2D eigenvalue weighted by Crippen LogP contribution is 2.40. The summed E-state index contributed by atoms with van der Waals surface area (Å²) in [6, 6.07) is 5.29. The molecule has 2 heterocycles. The van der Waals surface area contributed by atoms with Gasteiger partial charge in [0.15, 0.2) is 5.13 Å². The lowest BCUT2D eigenvalue weighted by Gasteiger charge is -2.36. The van der Waals surface area contributed by atoms with Crippen LogP contribution in [0.25, 0.3) is 0 Å². The van der Waals surface area contributed by atoms with Gasteiger partial charge in [-0.15, -0.1) is 23.7 Å². The summed E-state index contributed by atoms with van der Waals surface area (Å²) in [5, 5.41) is 0.574. The molecule has 1 aromatic heterocycles. The Balaban J connectivity index is 0.00000225. The first kappa shape index (κ1) is 19.8. The first-order valence-electron chi connectivity index (χ1n) is 7.87. The van der Waals surface area contributed by atoms with Crippen LogP contribution in [0.3, 0.4) is 0 Å². The van der Waals surface area contributed by atoms with E-state index in [1.54, 1.807) is 38.6 Å². The van der Waals surface area contributed by atoms with Crippen LogP contribution in [0, 0.1) is 0 Å². The molecule has 1 saturated heterocycles. The summed E-state index contributed by atoms with van der Waals surface area (Å²) in [6.07, 6.45) is 2.68. The first-order valence-corrected chi connectivity index (χ1v) is 8.69. The van der Waals surface area contributed by atoms with Gasteiger partial charge >= 0.3 is 0 Å². The van der Waals surface area contributed by atoms with Gasteiger partial charge in [0.1, 0.15) is 17.2 Å². The second-order valence-electron chi connectivity index (χ2n) is 6.01. The number of piperidine rings is 1. The fraction of sp³-hybridized carbons (Fsp3) is 0.471. The Hall–Kier alpha value is -1.57. The fourth-order valence-corrected chi connectivity index (χ4v) is 3.76. The number of ether oxygens (including phenoxy) is 2. The summed E-state index contributed by atoms with van der Waals surface area (Å²) in [5.41, 5.74) is 4.93. The van der Waals surface area contributed by atoms with Crippen molar-refractivity contribution >= 4 is 28.9 Å². The van der Waals surface area contributed by atoms with E-state index in [0.29, 0.717) is 48.1 Å². The number of aromatic nitrogens is 1. The van der Waals surface area contributed by atoms with Crippen molar-refractivity contribution in [3.63, 3.8) is 0 Å². The lowest BCUT2D eigenvalue weighted by Crippen LogP contribution is -2.39. The standard InChI is InChI=1S/C17H22FN3O2S.ClH/c1-22-13-7-12(8-14(9-13)23-2)17(18)3-5-21(6-4-17)11-15-10-20-16(19)24-15;/h7-10H,3-6,11H2,1-2H3,(H2,19,20);1H. The van der Waals surface area contributed by atoms with Crippen LogP contribution in [-0.4, -0.2) is 37.2 Å². The van der Waals surface area contributed by atoms with E-state index in [2.05, 4.69) is 9.88 Å². The second kappa shape index (κ2) is 8.21. The van der Waals surface area contributed by atoms with Gasteiger partial charge in [-0.25, -0.2) is 9.37 Å². The van der Waals surface area contributed by atoms with Crippen molar-refractivity contribution in [3.8, 4) is 11.5 Å². The van der Waals surface area contributed by atoms with E-state index in [-0.39, 0.29) is 12.4 Å². The number of nitrogen functional groups attached to an aromatic ring is 1. The van der Waals surface area contributed by atoms with Crippen molar-refractivity contribution < 1.29 is 13.9 Å². The van der Waals surface area contributed by atoms with Gasteiger partial charge in [-0.2, -0.15) is 0 Å². The number of halogens is 2. The predicted octanol–water partition coefficient (Wildman–Crippen LogP) is 3.63. The molecular formula is C17H23ClFN3O2S. The molecule has 1 aliphatic rings. The monoisotopic (exact) mass is 387 g/mol. The maximum atomic E-state index is 15.5. The SMILES string of the molecule is COc1cc(OC)cc(C2(F)CCN(Cc3cnc(N)s3)CC2)c1.Cl. The highest BCUT2D eigenvalue weighted by Gasteiger charge is 2.37. The molecule has 0 amide bonds. The van der Waals surface area contributed by atoms with Gasteiger partial charge in [0.05, 0.1) is 14.2 Å². The average Bonchev–Trinajstić information content (AvgIpc) is 3.01. The molecule has 0 aliphatic carbocycles. The number of benzene rings is 1. The van der Waals surface area contributed by atoms with Crippen LogP contribution < -0.4 is 15.2 Å². The summed E-state index contributed by atoms with van der Waals surface area (Å²) in [7, 11) is 3.15. The van der Waals surface area contributed by atoms with E-state index in [1.807, 2.05) is 0 Å². The third kappa shape index (κ3) is 4.54. The van der Waals surface area contributed by atoms with Gasteiger partial charge < -0.3 is 15.2 Å². The Morgan fingerprint density at radius 2 is 1.80 bits per heavy atom. The number of methoxy groups -OCH3 is 2. The minimum atomic E-state index is -1.36. The predicted molar refractivity (Wildman–Crippen MR) is 101 cm³/mol. The van der Waals surface area contributed by atoms with Gasteiger partial charge in [-0.1, -0.05) is 0 Å². The van der Waals surface area contributed by atoms with Gasteiger partial charge in [0, 0.05) is 36.8 Å². The summed E-state index contributed by atoms with van der Waals surface area (Å²) >= 11 is 1.49. The quantitative estimate of drug-likeness (QED) is 0.848. The number of alkyl halides is 1. The highest BCUT2D eigenvalue weighted by molar-refractivity contribution is 7.15. The zero-order valence-electron chi connectivity index (χ0n) is 14.3. The van der Waals surface area contributed by atoms with Crippen LogP contribution in [0.4, 0.5) is 9.52 Å². The van der Waals surface area contributed by atoms with Crippen molar-refractivity contribution in [2.24, 2.45) is 0 Å². The molecule has 5 nitrogen and oxygen atoms in total. The number of rotatable bonds is 5. The fourth-order valence-electron chi connectivity index (χ4n) is 3.04. The maximum Gasteiger partial charge on any atom is 0.180 e. The number of hydrogen-bond donors (Lipinski definition) is 1. The molecule has 0 bridgehead atoms. The molecule has 3 rings (SSSR count). The Bertz CT molecular complexity index is 683. The van der Waals surface area contributed by atoms with Crippen LogP contribution in [0.15, 0.2) is 24.4 Å². The van der Waals surface area contributed by atoms with Crippen molar-refractivity contribution in [3.05, 3.63) is 34.8 Å². The second-order valence-corrected chi connectivity index (χ2v) is 7.15. The van der Waals surface area contributed by atoms with Crippen LogP contribution in [-0.2, 0) is 12.2 Å². The molecule has 0 atom stereocenters. The molecule has 2 N–H and O–H groups in total. The van der Waals surface area contributed by atoms with Crippen LogP contribution in [0.5, 0.6) is 11.5 Å². The zero-order chi connectivity index (χ0) is 17.2. The molecule has 25 heavy (non-hydrogen) atoms. The normalized spacial score (nSPS) is 16.9. The van der Waals surface area contributed by atoms with Gasteiger partial charge in [-0.05, 0) is 30.5 Å². The summed E-state index contributed by atoms with van der Waals surface area (Å²) in [4.78, 5) is 7.42. The molecule has 2 aromatic rings. The molecule has 0 unspecified atom stereocenters. The third-order valence-corrected chi connectivity index (χ3v) is 5.28. The number of anilines is 1. The Kier molecular flexibility index (Phi) is 6.48. The van der Waals surface area contributed by atoms with Crippen molar-refractivity contribution in [1.29, 1.82) is 0 Å². The molecule has 1 aliphatic heterocycles. The number of hydrogen-bond acceptors (Lipinski definition) is 6. The van der Waals surface area contributed by atoms with E-state index >= 15 is 4.39 Å². The van der Waals surface area contributed by atoms with Crippen molar-refractivity contribution in [2.45, 2.75) is 25.1 Å². The van der Waals surface area contributed by atoms with Gasteiger partial charge in [0.25, 0.3) is 0 Å². The lowest BCUT2D eigenvalue weighted by atomic mass is 9.86. The zero-order valence-corrected chi connectivity index (χ0v) is 16.0. The smallest absolute Gasteiger partial charge is 0.180 e. The molecule has 0 saturated carbocycles. The lowest BCUT2D eigenvalue weighted by molar-refractivity contribution is 0.0526. The van der Waals surface area contributed by atoms with E-state index in [4.69, 9.17) is 15.2 Å². The van der Waals surface area contributed by atoms with Crippen LogP contribution >= 0.6 is 23.7 Å². The number of nitrogens with zero attached hydrogens (tertiary/aromatic N) is 2. The minimum absolute atomic E-state index is 0. The Morgan fingerprint density at radius 1 is 1.20 bits per heavy atom. The van der Waals surface area contributed by atoms with E-state index in [9.17, 15) is 0 Å². The van der Waals surface area contributed by atoms with Gasteiger partial charge in [0.2, 0.25) is 0 Å². The number of thiazole rings is 1. The molecule has 1 fully saturated rings.